The van der Waals surface area contributed by atoms with Crippen LogP contribution in [0.5, 0.6) is 0 Å². The highest BCUT2D eigenvalue weighted by molar-refractivity contribution is 5.92. The molecule has 0 unspecified atom stereocenters. The summed E-state index contributed by atoms with van der Waals surface area (Å²) in [6, 6.07) is 9.25. The van der Waals surface area contributed by atoms with Crippen molar-refractivity contribution >= 4 is 5.91 Å². The molecular formula is C13H15N3O2+2. The molecule has 2 aromatic heterocycles. The van der Waals surface area contributed by atoms with Gasteiger partial charge < -0.3 is 5.73 Å². The lowest BCUT2D eigenvalue weighted by Crippen LogP contribution is -2.40. The molecule has 0 atom stereocenters. The summed E-state index contributed by atoms with van der Waals surface area (Å²) in [5.74, 6) is -0.443. The van der Waals surface area contributed by atoms with E-state index in [1.807, 2.05) is 41.4 Å². The number of carbonyl (C=O) groups excluding carboxylic acids is 1. The van der Waals surface area contributed by atoms with Gasteiger partial charge in [0.15, 0.2) is 24.8 Å². The number of nitrogens with two attached hydrogens (primary N) is 1. The second kappa shape index (κ2) is 5.88. The Labute approximate surface area is 105 Å². The van der Waals surface area contributed by atoms with Crippen LogP contribution in [0.15, 0.2) is 55.1 Å². The predicted octanol–water partition coefficient (Wildman–Crippen LogP) is -0.00770. The molecule has 0 aliphatic carbocycles. The van der Waals surface area contributed by atoms with Crippen molar-refractivity contribution < 1.29 is 18.7 Å². The Morgan fingerprint density at radius 3 is 2.44 bits per heavy atom. The first-order chi connectivity index (χ1) is 8.75. The van der Waals surface area contributed by atoms with Crippen LogP contribution in [0.3, 0.4) is 0 Å². The Bertz CT molecular complexity index is 529. The SMILES string of the molecule is NC(=O)c1ccc[n+](COC[n+]2ccccc2)c1. The first-order valence-corrected chi connectivity index (χ1v) is 5.56. The molecule has 2 aromatic rings. The standard InChI is InChI=1S/C13H14N3O2/c14-13(17)12-5-4-8-16(9-12)11-18-10-15-6-2-1-3-7-15/h1-9H,10-11H2,(H-,14,17)/q+1/p+1. The molecule has 2 N–H and O–H groups in total. The maximum atomic E-state index is 11.0. The summed E-state index contributed by atoms with van der Waals surface area (Å²) >= 11 is 0. The fourth-order valence-electron chi connectivity index (χ4n) is 1.52. The summed E-state index contributed by atoms with van der Waals surface area (Å²) in [5, 5.41) is 0. The van der Waals surface area contributed by atoms with E-state index in [1.54, 1.807) is 22.9 Å². The first-order valence-electron chi connectivity index (χ1n) is 5.56. The van der Waals surface area contributed by atoms with Gasteiger partial charge in [-0.15, -0.1) is 0 Å². The monoisotopic (exact) mass is 245 g/mol. The van der Waals surface area contributed by atoms with E-state index < -0.39 is 5.91 Å². The summed E-state index contributed by atoms with van der Waals surface area (Å²) in [5.41, 5.74) is 5.67. The number of hydrogen-bond donors (Lipinski definition) is 1. The van der Waals surface area contributed by atoms with Crippen LogP contribution in [-0.2, 0) is 18.2 Å². The van der Waals surface area contributed by atoms with Crippen molar-refractivity contribution in [2.24, 2.45) is 5.73 Å². The molecule has 0 aromatic carbocycles. The molecule has 18 heavy (non-hydrogen) atoms. The van der Waals surface area contributed by atoms with E-state index in [-0.39, 0.29) is 0 Å². The van der Waals surface area contributed by atoms with Crippen molar-refractivity contribution in [1.29, 1.82) is 0 Å². The van der Waals surface area contributed by atoms with E-state index in [2.05, 4.69) is 0 Å². The maximum absolute atomic E-state index is 11.0. The fourth-order valence-corrected chi connectivity index (χ4v) is 1.52. The van der Waals surface area contributed by atoms with Crippen LogP contribution in [0.25, 0.3) is 0 Å². The number of carbonyl (C=O) groups is 1. The van der Waals surface area contributed by atoms with Gasteiger partial charge in [-0.3, -0.25) is 9.53 Å². The van der Waals surface area contributed by atoms with Crippen LogP contribution in [0.2, 0.25) is 0 Å². The number of rotatable bonds is 5. The van der Waals surface area contributed by atoms with Crippen LogP contribution in [0.4, 0.5) is 0 Å². The fraction of sp³-hybridized carbons (Fsp3) is 0.154. The summed E-state index contributed by atoms with van der Waals surface area (Å²) in [7, 11) is 0. The van der Waals surface area contributed by atoms with Gasteiger partial charge in [-0.05, 0) is 6.07 Å². The van der Waals surface area contributed by atoms with Crippen molar-refractivity contribution in [2.75, 3.05) is 0 Å². The molecule has 0 saturated carbocycles. The molecule has 2 rings (SSSR count). The van der Waals surface area contributed by atoms with E-state index in [9.17, 15) is 4.79 Å². The smallest absolute Gasteiger partial charge is 0.257 e. The van der Waals surface area contributed by atoms with Gasteiger partial charge in [-0.1, -0.05) is 6.07 Å². The molecule has 2 heterocycles. The lowest BCUT2D eigenvalue weighted by Gasteiger charge is -1.98. The third kappa shape index (κ3) is 3.36. The molecule has 0 spiro atoms. The maximum Gasteiger partial charge on any atom is 0.257 e. The Balaban J connectivity index is 1.90. The second-order valence-corrected chi connectivity index (χ2v) is 3.82. The quantitative estimate of drug-likeness (QED) is 0.753. The highest BCUT2D eigenvalue weighted by atomic mass is 16.5. The van der Waals surface area contributed by atoms with Gasteiger partial charge in [0.2, 0.25) is 0 Å². The zero-order chi connectivity index (χ0) is 12.8. The molecule has 0 aliphatic rings. The second-order valence-electron chi connectivity index (χ2n) is 3.82. The van der Waals surface area contributed by atoms with Gasteiger partial charge in [-0.25, -0.2) is 0 Å². The Morgan fingerprint density at radius 2 is 1.72 bits per heavy atom. The van der Waals surface area contributed by atoms with Crippen molar-refractivity contribution in [3.8, 4) is 0 Å². The van der Waals surface area contributed by atoms with Crippen molar-refractivity contribution in [1.82, 2.24) is 0 Å². The third-order valence-corrected chi connectivity index (χ3v) is 2.40. The van der Waals surface area contributed by atoms with Crippen LogP contribution >= 0.6 is 0 Å². The number of aromatic nitrogens is 2. The number of hydrogen-bond acceptors (Lipinski definition) is 2. The molecule has 0 aliphatic heterocycles. The third-order valence-electron chi connectivity index (χ3n) is 2.40. The van der Waals surface area contributed by atoms with E-state index in [4.69, 9.17) is 10.5 Å². The number of nitrogens with zero attached hydrogens (tertiary/aromatic N) is 2. The first kappa shape index (κ1) is 12.2. The lowest BCUT2D eigenvalue weighted by atomic mass is 10.3. The minimum atomic E-state index is -0.443. The number of ether oxygens (including phenoxy) is 1. The Kier molecular flexibility index (Phi) is 3.98. The number of primary amides is 1. The van der Waals surface area contributed by atoms with Crippen molar-refractivity contribution in [3.63, 3.8) is 0 Å². The van der Waals surface area contributed by atoms with Gasteiger partial charge >= 0.3 is 0 Å². The van der Waals surface area contributed by atoms with Gasteiger partial charge in [0.1, 0.15) is 5.56 Å². The van der Waals surface area contributed by atoms with Crippen molar-refractivity contribution in [3.05, 3.63) is 60.7 Å². The topological polar surface area (TPSA) is 60.1 Å². The average Bonchev–Trinajstić information content (AvgIpc) is 2.40. The molecule has 5 heteroatoms. The lowest BCUT2D eigenvalue weighted by molar-refractivity contribution is -0.788. The van der Waals surface area contributed by atoms with Crippen LogP contribution in [0, 0.1) is 0 Å². The predicted molar refractivity (Wildman–Crippen MR) is 62.9 cm³/mol. The summed E-state index contributed by atoms with van der Waals surface area (Å²) < 4.78 is 9.20. The van der Waals surface area contributed by atoms with E-state index in [0.29, 0.717) is 19.0 Å². The molecule has 0 fully saturated rings. The average molecular weight is 245 g/mol. The summed E-state index contributed by atoms with van der Waals surface area (Å²) in [6.45, 7) is 0.817. The molecule has 0 saturated heterocycles. The molecule has 5 nitrogen and oxygen atoms in total. The molecule has 0 radical (unpaired) electrons. The van der Waals surface area contributed by atoms with Crippen LogP contribution in [0.1, 0.15) is 10.4 Å². The minimum absolute atomic E-state index is 0.364. The largest absolute Gasteiger partial charge is 0.365 e. The van der Waals surface area contributed by atoms with Gasteiger partial charge in [-0.2, -0.15) is 9.13 Å². The van der Waals surface area contributed by atoms with E-state index in [0.717, 1.165) is 0 Å². The zero-order valence-corrected chi connectivity index (χ0v) is 9.90. The van der Waals surface area contributed by atoms with E-state index in [1.165, 1.54) is 0 Å². The molecule has 0 bridgehead atoms. The molecular weight excluding hydrogens is 230 g/mol. The van der Waals surface area contributed by atoms with Gasteiger partial charge in [0, 0.05) is 18.2 Å². The normalized spacial score (nSPS) is 10.2. The van der Waals surface area contributed by atoms with Crippen LogP contribution < -0.4 is 14.9 Å². The summed E-state index contributed by atoms with van der Waals surface area (Å²) in [6.07, 6.45) is 7.33. The Morgan fingerprint density at radius 1 is 1.06 bits per heavy atom. The molecule has 1 amide bonds. The van der Waals surface area contributed by atoms with Gasteiger partial charge in [0.05, 0.1) is 0 Å². The minimum Gasteiger partial charge on any atom is -0.365 e. The van der Waals surface area contributed by atoms with Crippen LogP contribution in [-0.4, -0.2) is 5.91 Å². The number of amides is 1. The summed E-state index contributed by atoms with van der Waals surface area (Å²) in [4.78, 5) is 11.0. The number of pyridine rings is 2. The van der Waals surface area contributed by atoms with Gasteiger partial charge in [0.25, 0.3) is 19.4 Å². The van der Waals surface area contributed by atoms with Crippen molar-refractivity contribution in [2.45, 2.75) is 13.5 Å². The van der Waals surface area contributed by atoms with E-state index >= 15 is 0 Å². The highest BCUT2D eigenvalue weighted by Crippen LogP contribution is 1.92. The zero-order valence-electron chi connectivity index (χ0n) is 9.90. The Hall–Kier alpha value is -2.27. The molecule has 92 valence electrons. The highest BCUT2D eigenvalue weighted by Gasteiger charge is 2.07.